The molecule has 1 atom stereocenters. The fourth-order valence-electron chi connectivity index (χ4n) is 1.65. The molecule has 0 aliphatic carbocycles. The van der Waals surface area contributed by atoms with Crippen molar-refractivity contribution in [2.45, 2.75) is 32.2 Å². The number of likely N-dealkylation sites (N-methyl/N-ethyl adjacent to an activating group) is 1. The van der Waals surface area contributed by atoms with E-state index in [9.17, 15) is 5.11 Å². The fourth-order valence-corrected chi connectivity index (χ4v) is 1.65. The lowest BCUT2D eigenvalue weighted by atomic mass is 9.97. The highest BCUT2D eigenvalue weighted by molar-refractivity contribution is 5.31. The van der Waals surface area contributed by atoms with E-state index in [1.54, 1.807) is 0 Å². The van der Waals surface area contributed by atoms with Gasteiger partial charge in [0.1, 0.15) is 5.75 Å². The third-order valence-electron chi connectivity index (χ3n) is 3.18. The summed E-state index contributed by atoms with van der Waals surface area (Å²) >= 11 is 0. The number of rotatable bonds is 7. The van der Waals surface area contributed by atoms with Crippen LogP contribution in [0.25, 0.3) is 0 Å². The van der Waals surface area contributed by atoms with Crippen LogP contribution in [-0.4, -0.2) is 30.9 Å². The van der Waals surface area contributed by atoms with Crippen LogP contribution in [0.2, 0.25) is 0 Å². The van der Waals surface area contributed by atoms with Crippen LogP contribution in [0.1, 0.15) is 25.3 Å². The standard InChI is InChI=1S/C14H23NO2/c1-12-7-4-5-8-13(12)17-10-6-9-14(2,11-16)15-3/h4-5,7-8,15-16H,6,9-11H2,1-3H3. The van der Waals surface area contributed by atoms with Crippen molar-refractivity contribution in [2.75, 3.05) is 20.3 Å². The molecule has 0 saturated carbocycles. The Morgan fingerprint density at radius 2 is 2.06 bits per heavy atom. The van der Waals surface area contributed by atoms with Crippen LogP contribution in [-0.2, 0) is 0 Å². The fraction of sp³-hybridized carbons (Fsp3) is 0.571. The van der Waals surface area contributed by atoms with Crippen LogP contribution >= 0.6 is 0 Å². The van der Waals surface area contributed by atoms with Gasteiger partial charge < -0.3 is 15.2 Å². The molecule has 0 heterocycles. The first-order valence-corrected chi connectivity index (χ1v) is 6.09. The second kappa shape index (κ2) is 6.62. The molecule has 96 valence electrons. The van der Waals surface area contributed by atoms with Crippen molar-refractivity contribution < 1.29 is 9.84 Å². The first-order chi connectivity index (χ1) is 8.11. The molecule has 3 heteroatoms. The molecule has 1 aromatic rings. The van der Waals surface area contributed by atoms with Gasteiger partial charge in [-0.3, -0.25) is 0 Å². The Morgan fingerprint density at radius 3 is 2.65 bits per heavy atom. The van der Waals surface area contributed by atoms with Crippen LogP contribution < -0.4 is 10.1 Å². The third-order valence-corrected chi connectivity index (χ3v) is 3.18. The minimum Gasteiger partial charge on any atom is -0.493 e. The van der Waals surface area contributed by atoms with Crippen molar-refractivity contribution in [2.24, 2.45) is 0 Å². The summed E-state index contributed by atoms with van der Waals surface area (Å²) in [6.45, 7) is 4.89. The number of aryl methyl sites for hydroxylation is 1. The highest BCUT2D eigenvalue weighted by Gasteiger charge is 2.19. The Hall–Kier alpha value is -1.06. The van der Waals surface area contributed by atoms with E-state index in [0.29, 0.717) is 6.61 Å². The van der Waals surface area contributed by atoms with Crippen LogP contribution in [0.3, 0.4) is 0 Å². The summed E-state index contributed by atoms with van der Waals surface area (Å²) in [6.07, 6.45) is 1.82. The minimum atomic E-state index is -0.199. The molecule has 0 spiro atoms. The molecule has 0 bridgehead atoms. The summed E-state index contributed by atoms with van der Waals surface area (Å²) in [5.41, 5.74) is 0.959. The zero-order valence-corrected chi connectivity index (χ0v) is 11.0. The Labute approximate surface area is 104 Å². The normalized spacial score (nSPS) is 14.4. The molecule has 0 aliphatic heterocycles. The monoisotopic (exact) mass is 237 g/mol. The number of benzene rings is 1. The van der Waals surface area contributed by atoms with E-state index in [4.69, 9.17) is 4.74 Å². The number of aliphatic hydroxyl groups excluding tert-OH is 1. The molecule has 1 rings (SSSR count). The number of hydrogen-bond acceptors (Lipinski definition) is 3. The van der Waals surface area contributed by atoms with Crippen LogP contribution in [0.15, 0.2) is 24.3 Å². The molecule has 0 radical (unpaired) electrons. The molecule has 0 fully saturated rings. The van der Waals surface area contributed by atoms with E-state index in [0.717, 1.165) is 24.2 Å². The molecule has 0 aromatic heterocycles. The van der Waals surface area contributed by atoms with E-state index < -0.39 is 0 Å². The van der Waals surface area contributed by atoms with Gasteiger partial charge in [0.05, 0.1) is 13.2 Å². The summed E-state index contributed by atoms with van der Waals surface area (Å²) in [5.74, 6) is 0.947. The number of hydrogen-bond donors (Lipinski definition) is 2. The number of aliphatic hydroxyl groups is 1. The average Bonchev–Trinajstić information content (AvgIpc) is 2.36. The molecule has 0 aliphatic rings. The predicted molar refractivity (Wildman–Crippen MR) is 70.5 cm³/mol. The lowest BCUT2D eigenvalue weighted by molar-refractivity contribution is 0.163. The highest BCUT2D eigenvalue weighted by Crippen LogP contribution is 2.17. The van der Waals surface area contributed by atoms with Gasteiger partial charge in [-0.15, -0.1) is 0 Å². The van der Waals surface area contributed by atoms with Gasteiger partial charge in [-0.1, -0.05) is 18.2 Å². The van der Waals surface area contributed by atoms with Crippen LogP contribution in [0, 0.1) is 6.92 Å². The Morgan fingerprint density at radius 1 is 1.35 bits per heavy atom. The SMILES string of the molecule is CNC(C)(CO)CCCOc1ccccc1C. The lowest BCUT2D eigenvalue weighted by Crippen LogP contribution is -2.43. The van der Waals surface area contributed by atoms with E-state index in [1.807, 2.05) is 45.2 Å². The second-order valence-corrected chi connectivity index (χ2v) is 4.69. The van der Waals surface area contributed by atoms with Crippen molar-refractivity contribution in [3.8, 4) is 5.75 Å². The van der Waals surface area contributed by atoms with Gasteiger partial charge in [0.25, 0.3) is 0 Å². The smallest absolute Gasteiger partial charge is 0.122 e. The molecular formula is C14H23NO2. The van der Waals surface area contributed by atoms with Gasteiger partial charge in [-0.2, -0.15) is 0 Å². The summed E-state index contributed by atoms with van der Waals surface area (Å²) in [5, 5.41) is 12.4. The van der Waals surface area contributed by atoms with E-state index >= 15 is 0 Å². The van der Waals surface area contributed by atoms with Crippen molar-refractivity contribution in [3.05, 3.63) is 29.8 Å². The molecule has 2 N–H and O–H groups in total. The van der Waals surface area contributed by atoms with Gasteiger partial charge in [-0.05, 0) is 45.4 Å². The van der Waals surface area contributed by atoms with Crippen LogP contribution in [0.4, 0.5) is 0 Å². The molecule has 0 amide bonds. The first-order valence-electron chi connectivity index (χ1n) is 6.09. The van der Waals surface area contributed by atoms with Gasteiger partial charge in [0.15, 0.2) is 0 Å². The van der Waals surface area contributed by atoms with Gasteiger partial charge in [-0.25, -0.2) is 0 Å². The summed E-state index contributed by atoms with van der Waals surface area (Å²) in [7, 11) is 1.87. The molecule has 1 aromatic carbocycles. The lowest BCUT2D eigenvalue weighted by Gasteiger charge is -2.26. The molecule has 3 nitrogen and oxygen atoms in total. The van der Waals surface area contributed by atoms with Crippen LogP contribution in [0.5, 0.6) is 5.75 Å². The average molecular weight is 237 g/mol. The molecule has 17 heavy (non-hydrogen) atoms. The molecule has 1 unspecified atom stereocenters. The maximum absolute atomic E-state index is 9.24. The van der Waals surface area contributed by atoms with E-state index in [-0.39, 0.29) is 12.1 Å². The van der Waals surface area contributed by atoms with Gasteiger partial charge >= 0.3 is 0 Å². The van der Waals surface area contributed by atoms with E-state index in [2.05, 4.69) is 5.32 Å². The molecular weight excluding hydrogens is 214 g/mol. The topological polar surface area (TPSA) is 41.5 Å². The number of ether oxygens (including phenoxy) is 1. The summed E-state index contributed by atoms with van der Waals surface area (Å²) in [6, 6.07) is 8.01. The van der Waals surface area contributed by atoms with E-state index in [1.165, 1.54) is 0 Å². The van der Waals surface area contributed by atoms with Crippen molar-refractivity contribution in [1.29, 1.82) is 0 Å². The van der Waals surface area contributed by atoms with Crippen molar-refractivity contribution in [1.82, 2.24) is 5.32 Å². The zero-order valence-electron chi connectivity index (χ0n) is 11.0. The number of para-hydroxylation sites is 1. The quantitative estimate of drug-likeness (QED) is 0.714. The second-order valence-electron chi connectivity index (χ2n) is 4.69. The zero-order chi connectivity index (χ0) is 12.7. The van der Waals surface area contributed by atoms with Gasteiger partial charge in [0.2, 0.25) is 0 Å². The Balaban J connectivity index is 2.32. The van der Waals surface area contributed by atoms with Crippen molar-refractivity contribution >= 4 is 0 Å². The molecule has 0 saturated heterocycles. The minimum absolute atomic E-state index is 0.147. The highest BCUT2D eigenvalue weighted by atomic mass is 16.5. The largest absolute Gasteiger partial charge is 0.493 e. The number of nitrogens with one attached hydrogen (secondary N) is 1. The summed E-state index contributed by atoms with van der Waals surface area (Å²) in [4.78, 5) is 0. The summed E-state index contributed by atoms with van der Waals surface area (Å²) < 4.78 is 5.71. The maximum atomic E-state index is 9.24. The predicted octanol–water partition coefficient (Wildman–Crippen LogP) is 2.12. The maximum Gasteiger partial charge on any atom is 0.122 e. The third kappa shape index (κ3) is 4.36. The first kappa shape index (κ1) is 14.0. The Kier molecular flexibility index (Phi) is 5.45. The Bertz CT molecular complexity index is 335. The van der Waals surface area contributed by atoms with Crippen molar-refractivity contribution in [3.63, 3.8) is 0 Å². The van der Waals surface area contributed by atoms with Gasteiger partial charge in [0, 0.05) is 5.54 Å².